The standard InChI is InChI=1S/C13H13FN2OS/c1-8-3-4-10(11(14)5-8)13(17)15-6-12-9(2)16-7-18-12/h3-5,7H,6H2,1-2H3,(H,15,17). The average Bonchev–Trinajstić information content (AvgIpc) is 2.72. The summed E-state index contributed by atoms with van der Waals surface area (Å²) in [7, 11) is 0. The summed E-state index contributed by atoms with van der Waals surface area (Å²) in [5, 5.41) is 2.69. The fourth-order valence-corrected chi connectivity index (χ4v) is 2.27. The summed E-state index contributed by atoms with van der Waals surface area (Å²) in [6.07, 6.45) is 0. The number of halogens is 1. The van der Waals surface area contributed by atoms with Crippen LogP contribution in [0.5, 0.6) is 0 Å². The molecule has 1 aromatic carbocycles. The van der Waals surface area contributed by atoms with Gasteiger partial charge in [-0.15, -0.1) is 11.3 Å². The monoisotopic (exact) mass is 264 g/mol. The molecule has 1 N–H and O–H groups in total. The van der Waals surface area contributed by atoms with Crippen molar-refractivity contribution in [3.05, 3.63) is 51.2 Å². The number of aromatic nitrogens is 1. The fourth-order valence-electron chi connectivity index (χ4n) is 1.56. The van der Waals surface area contributed by atoms with Crippen molar-refractivity contribution < 1.29 is 9.18 Å². The molecule has 1 heterocycles. The molecule has 0 bridgehead atoms. The smallest absolute Gasteiger partial charge is 0.254 e. The molecule has 2 rings (SSSR count). The Hall–Kier alpha value is -1.75. The second-order valence-corrected chi connectivity index (χ2v) is 4.97. The first-order valence-corrected chi connectivity index (χ1v) is 6.39. The van der Waals surface area contributed by atoms with Gasteiger partial charge in [0.05, 0.1) is 23.3 Å². The van der Waals surface area contributed by atoms with Crippen molar-refractivity contribution in [1.29, 1.82) is 0 Å². The van der Waals surface area contributed by atoms with Crippen LogP contribution in [0.15, 0.2) is 23.7 Å². The first kappa shape index (κ1) is 12.7. The van der Waals surface area contributed by atoms with E-state index < -0.39 is 11.7 Å². The van der Waals surface area contributed by atoms with E-state index in [4.69, 9.17) is 0 Å². The van der Waals surface area contributed by atoms with Crippen LogP contribution < -0.4 is 5.32 Å². The molecule has 0 aliphatic carbocycles. The second-order valence-electron chi connectivity index (χ2n) is 4.03. The van der Waals surface area contributed by atoms with Gasteiger partial charge in [-0.3, -0.25) is 4.79 Å². The van der Waals surface area contributed by atoms with Gasteiger partial charge in [-0.25, -0.2) is 9.37 Å². The van der Waals surface area contributed by atoms with Crippen LogP contribution in [0.4, 0.5) is 4.39 Å². The van der Waals surface area contributed by atoms with Crippen molar-refractivity contribution in [3.8, 4) is 0 Å². The zero-order valence-corrected chi connectivity index (χ0v) is 11.0. The molecule has 1 aromatic heterocycles. The summed E-state index contributed by atoms with van der Waals surface area (Å²) < 4.78 is 13.6. The van der Waals surface area contributed by atoms with Crippen LogP contribution in [0.1, 0.15) is 26.5 Å². The molecule has 0 saturated carbocycles. The van der Waals surface area contributed by atoms with Crippen LogP contribution in [-0.4, -0.2) is 10.9 Å². The molecule has 3 nitrogen and oxygen atoms in total. The number of benzene rings is 1. The van der Waals surface area contributed by atoms with Crippen molar-refractivity contribution >= 4 is 17.2 Å². The highest BCUT2D eigenvalue weighted by atomic mass is 32.1. The molecular formula is C13H13FN2OS. The number of aryl methyl sites for hydroxylation is 2. The molecule has 0 fully saturated rings. The lowest BCUT2D eigenvalue weighted by Gasteiger charge is -2.06. The van der Waals surface area contributed by atoms with E-state index in [1.54, 1.807) is 18.5 Å². The highest BCUT2D eigenvalue weighted by Gasteiger charge is 2.12. The maximum absolute atomic E-state index is 13.6. The molecule has 1 amide bonds. The Bertz CT molecular complexity index is 580. The third-order valence-electron chi connectivity index (χ3n) is 2.62. The molecular weight excluding hydrogens is 251 g/mol. The van der Waals surface area contributed by atoms with Crippen LogP contribution in [-0.2, 0) is 6.54 Å². The van der Waals surface area contributed by atoms with E-state index in [1.807, 2.05) is 6.92 Å². The Kier molecular flexibility index (Phi) is 3.72. The minimum atomic E-state index is -0.492. The molecule has 0 spiro atoms. The summed E-state index contributed by atoms with van der Waals surface area (Å²) in [5.41, 5.74) is 3.48. The first-order valence-electron chi connectivity index (χ1n) is 5.51. The number of amides is 1. The number of carbonyl (C=O) groups is 1. The van der Waals surface area contributed by atoms with E-state index in [1.165, 1.54) is 23.5 Å². The first-order chi connectivity index (χ1) is 8.58. The summed E-state index contributed by atoms with van der Waals surface area (Å²) in [4.78, 5) is 16.9. The van der Waals surface area contributed by atoms with Crippen LogP contribution in [0.3, 0.4) is 0 Å². The maximum Gasteiger partial charge on any atom is 0.254 e. The molecule has 0 unspecified atom stereocenters. The third-order valence-corrected chi connectivity index (χ3v) is 3.56. The van der Waals surface area contributed by atoms with Gasteiger partial charge in [-0.05, 0) is 31.5 Å². The highest BCUT2D eigenvalue weighted by molar-refractivity contribution is 7.09. The largest absolute Gasteiger partial charge is 0.347 e. The van der Waals surface area contributed by atoms with Gasteiger partial charge in [-0.2, -0.15) is 0 Å². The lowest BCUT2D eigenvalue weighted by molar-refractivity contribution is 0.0947. The topological polar surface area (TPSA) is 42.0 Å². The minimum absolute atomic E-state index is 0.0720. The van der Waals surface area contributed by atoms with Crippen LogP contribution in [0.2, 0.25) is 0 Å². The van der Waals surface area contributed by atoms with E-state index in [9.17, 15) is 9.18 Å². The van der Waals surface area contributed by atoms with Gasteiger partial charge >= 0.3 is 0 Å². The van der Waals surface area contributed by atoms with Crippen LogP contribution in [0.25, 0.3) is 0 Å². The van der Waals surface area contributed by atoms with Gasteiger partial charge in [0.2, 0.25) is 0 Å². The van der Waals surface area contributed by atoms with Crippen molar-refractivity contribution in [3.63, 3.8) is 0 Å². The van der Waals surface area contributed by atoms with Gasteiger partial charge in [0.25, 0.3) is 5.91 Å². The molecule has 0 atom stereocenters. The summed E-state index contributed by atoms with van der Waals surface area (Å²) in [5.74, 6) is -0.895. The van der Waals surface area contributed by atoms with Crippen molar-refractivity contribution in [2.45, 2.75) is 20.4 Å². The van der Waals surface area contributed by atoms with E-state index in [0.29, 0.717) is 6.54 Å². The predicted molar refractivity (Wildman–Crippen MR) is 69.2 cm³/mol. The van der Waals surface area contributed by atoms with Gasteiger partial charge in [0.15, 0.2) is 0 Å². The molecule has 0 aliphatic rings. The average molecular weight is 264 g/mol. The number of carbonyl (C=O) groups excluding carboxylic acids is 1. The number of nitrogens with zero attached hydrogens (tertiary/aromatic N) is 1. The van der Waals surface area contributed by atoms with E-state index in [0.717, 1.165) is 16.1 Å². The quantitative estimate of drug-likeness (QED) is 0.926. The number of rotatable bonds is 3. The highest BCUT2D eigenvalue weighted by Crippen LogP contribution is 2.13. The molecule has 18 heavy (non-hydrogen) atoms. The summed E-state index contributed by atoms with van der Waals surface area (Å²) >= 11 is 1.47. The van der Waals surface area contributed by atoms with Crippen molar-refractivity contribution in [2.75, 3.05) is 0 Å². The molecule has 0 radical (unpaired) electrons. The van der Waals surface area contributed by atoms with Crippen LogP contribution in [0, 0.1) is 19.7 Å². The minimum Gasteiger partial charge on any atom is -0.347 e. The molecule has 5 heteroatoms. The van der Waals surface area contributed by atoms with E-state index >= 15 is 0 Å². The Morgan fingerprint density at radius 2 is 2.22 bits per heavy atom. The van der Waals surface area contributed by atoms with Gasteiger partial charge in [-0.1, -0.05) is 6.07 Å². The summed E-state index contributed by atoms with van der Waals surface area (Å²) in [6, 6.07) is 4.57. The zero-order chi connectivity index (χ0) is 13.1. The predicted octanol–water partition coefficient (Wildman–Crippen LogP) is 2.83. The molecule has 94 valence electrons. The fraction of sp³-hybridized carbons (Fsp3) is 0.231. The lowest BCUT2D eigenvalue weighted by atomic mass is 10.1. The number of hydrogen-bond acceptors (Lipinski definition) is 3. The number of hydrogen-bond donors (Lipinski definition) is 1. The molecule has 0 saturated heterocycles. The van der Waals surface area contributed by atoms with E-state index in [2.05, 4.69) is 10.3 Å². The second kappa shape index (κ2) is 5.27. The van der Waals surface area contributed by atoms with Gasteiger partial charge < -0.3 is 5.32 Å². The Morgan fingerprint density at radius 3 is 2.83 bits per heavy atom. The Morgan fingerprint density at radius 1 is 1.44 bits per heavy atom. The molecule has 0 aliphatic heterocycles. The maximum atomic E-state index is 13.6. The lowest BCUT2D eigenvalue weighted by Crippen LogP contribution is -2.23. The van der Waals surface area contributed by atoms with Crippen LogP contribution >= 0.6 is 11.3 Å². The van der Waals surface area contributed by atoms with E-state index in [-0.39, 0.29) is 5.56 Å². The Balaban J connectivity index is 2.06. The molecule has 2 aromatic rings. The summed E-state index contributed by atoms with van der Waals surface area (Å²) in [6.45, 7) is 4.04. The SMILES string of the molecule is Cc1ccc(C(=O)NCc2scnc2C)c(F)c1. The Labute approximate surface area is 109 Å². The normalized spacial score (nSPS) is 10.4. The zero-order valence-electron chi connectivity index (χ0n) is 10.2. The third kappa shape index (κ3) is 2.73. The number of thiazole rings is 1. The van der Waals surface area contributed by atoms with Crippen molar-refractivity contribution in [2.24, 2.45) is 0 Å². The van der Waals surface area contributed by atoms with Gasteiger partial charge in [0.1, 0.15) is 5.82 Å². The van der Waals surface area contributed by atoms with Crippen molar-refractivity contribution in [1.82, 2.24) is 10.3 Å². The van der Waals surface area contributed by atoms with Gasteiger partial charge in [0, 0.05) is 4.88 Å². The number of nitrogens with one attached hydrogen (secondary N) is 1.